The Labute approximate surface area is 109 Å². The predicted molar refractivity (Wildman–Crippen MR) is 69.7 cm³/mol. The van der Waals surface area contributed by atoms with E-state index in [9.17, 15) is 15.0 Å². The first kappa shape index (κ1) is 13.8. The van der Waals surface area contributed by atoms with Crippen LogP contribution in [0.25, 0.3) is 0 Å². The molecular formula is C12H16BrNO3. The van der Waals surface area contributed by atoms with Gasteiger partial charge in [0, 0.05) is 11.4 Å². The van der Waals surface area contributed by atoms with Gasteiger partial charge in [0.2, 0.25) is 0 Å². The van der Waals surface area contributed by atoms with Crippen LogP contribution in [0.15, 0.2) is 18.2 Å². The molecule has 0 fully saturated rings. The molecule has 0 aliphatic carbocycles. The van der Waals surface area contributed by atoms with Gasteiger partial charge in [-0.25, -0.2) is 0 Å². The maximum absolute atomic E-state index is 11.8. The molecule has 0 aliphatic rings. The van der Waals surface area contributed by atoms with Crippen molar-refractivity contribution in [1.82, 2.24) is 5.32 Å². The van der Waals surface area contributed by atoms with Crippen LogP contribution in [-0.2, 0) is 0 Å². The lowest BCUT2D eigenvalue weighted by atomic mass is 10.1. The number of hydrogen-bond donors (Lipinski definition) is 3. The molecule has 0 saturated heterocycles. The van der Waals surface area contributed by atoms with E-state index >= 15 is 0 Å². The molecule has 0 aromatic heterocycles. The normalized spacial score (nSPS) is 12.1. The molecule has 4 nitrogen and oxygen atoms in total. The summed E-state index contributed by atoms with van der Waals surface area (Å²) in [5.41, 5.74) is -0.0711. The van der Waals surface area contributed by atoms with Crippen LogP contribution in [0.1, 0.15) is 30.1 Å². The monoisotopic (exact) mass is 301 g/mol. The molecule has 1 amide bonds. The summed E-state index contributed by atoms with van der Waals surface area (Å²) in [6.45, 7) is 1.89. The lowest BCUT2D eigenvalue weighted by molar-refractivity contribution is 0.0933. The topological polar surface area (TPSA) is 69.6 Å². The molecule has 0 bridgehead atoms. The van der Waals surface area contributed by atoms with Gasteiger partial charge in [-0.3, -0.25) is 4.79 Å². The molecule has 17 heavy (non-hydrogen) atoms. The number of rotatable bonds is 5. The summed E-state index contributed by atoms with van der Waals surface area (Å²) in [6, 6.07) is 4.23. The fourth-order valence-electron chi connectivity index (χ4n) is 1.51. The molecule has 5 heteroatoms. The molecule has 0 aliphatic heterocycles. The molecule has 3 N–H and O–H groups in total. The zero-order valence-electron chi connectivity index (χ0n) is 9.61. The fraction of sp³-hybridized carbons (Fsp3) is 0.417. The van der Waals surface area contributed by atoms with Gasteiger partial charge >= 0.3 is 0 Å². The Kier molecular flexibility index (Phi) is 5.28. The Bertz CT molecular complexity index is 375. The van der Waals surface area contributed by atoms with Crippen LogP contribution >= 0.6 is 15.9 Å². The van der Waals surface area contributed by atoms with Crippen LogP contribution in [0.2, 0.25) is 0 Å². The van der Waals surface area contributed by atoms with Crippen molar-refractivity contribution in [3.05, 3.63) is 23.8 Å². The number of aromatic hydroxyl groups is 2. The van der Waals surface area contributed by atoms with Crippen molar-refractivity contribution in [3.8, 4) is 11.5 Å². The number of phenolic OH excluding ortho intramolecular Hbond substituents is 2. The summed E-state index contributed by atoms with van der Waals surface area (Å²) in [5.74, 6) is -0.881. The second kappa shape index (κ2) is 6.49. The summed E-state index contributed by atoms with van der Waals surface area (Å²) in [6.07, 6.45) is 1.79. The molecule has 1 rings (SSSR count). The van der Waals surface area contributed by atoms with Gasteiger partial charge in [-0.1, -0.05) is 22.0 Å². The number of amides is 1. The Morgan fingerprint density at radius 2 is 2.00 bits per heavy atom. The fourth-order valence-corrected chi connectivity index (χ4v) is 1.84. The minimum Gasteiger partial charge on any atom is -0.507 e. The maximum Gasteiger partial charge on any atom is 0.259 e. The molecule has 1 aromatic carbocycles. The van der Waals surface area contributed by atoms with Gasteiger partial charge in [0.05, 0.1) is 0 Å². The molecule has 94 valence electrons. The number of hydrogen-bond acceptors (Lipinski definition) is 3. The standard InChI is InChI=1S/C12H16BrNO3/c1-8(4-3-7-13)14-12(17)11-9(15)5-2-6-10(11)16/h2,5-6,8,15-16H,3-4,7H2,1H3,(H,14,17). The number of nitrogens with one attached hydrogen (secondary N) is 1. The van der Waals surface area contributed by atoms with Gasteiger partial charge in [-0.05, 0) is 31.9 Å². The van der Waals surface area contributed by atoms with Crippen molar-refractivity contribution in [2.75, 3.05) is 5.33 Å². The van der Waals surface area contributed by atoms with Crippen LogP contribution in [0.4, 0.5) is 0 Å². The van der Waals surface area contributed by atoms with Gasteiger partial charge < -0.3 is 15.5 Å². The van der Waals surface area contributed by atoms with Gasteiger partial charge in [0.15, 0.2) is 0 Å². The molecule has 1 aromatic rings. The lowest BCUT2D eigenvalue weighted by Gasteiger charge is -2.14. The number of phenols is 2. The first-order chi connectivity index (χ1) is 8.06. The smallest absolute Gasteiger partial charge is 0.259 e. The number of alkyl halides is 1. The number of carbonyl (C=O) groups is 1. The third kappa shape index (κ3) is 3.93. The van der Waals surface area contributed by atoms with Crippen LogP contribution < -0.4 is 5.32 Å². The van der Waals surface area contributed by atoms with Crippen molar-refractivity contribution >= 4 is 21.8 Å². The molecule has 0 saturated carbocycles. The van der Waals surface area contributed by atoms with E-state index in [2.05, 4.69) is 21.2 Å². The molecule has 0 radical (unpaired) electrons. The second-order valence-corrected chi connectivity index (χ2v) is 4.67. The van der Waals surface area contributed by atoms with Crippen molar-refractivity contribution in [1.29, 1.82) is 0 Å². The van der Waals surface area contributed by atoms with Crippen LogP contribution in [-0.4, -0.2) is 27.5 Å². The molecule has 0 heterocycles. The summed E-state index contributed by atoms with van der Waals surface area (Å²) in [5, 5.41) is 22.7. The van der Waals surface area contributed by atoms with Crippen LogP contribution in [0, 0.1) is 0 Å². The SMILES string of the molecule is CC(CCCBr)NC(=O)c1c(O)cccc1O. The molecule has 1 unspecified atom stereocenters. The third-order valence-electron chi connectivity index (χ3n) is 2.40. The highest BCUT2D eigenvalue weighted by Gasteiger charge is 2.17. The third-order valence-corrected chi connectivity index (χ3v) is 2.96. The van der Waals surface area contributed by atoms with Crippen molar-refractivity contribution in [2.45, 2.75) is 25.8 Å². The zero-order chi connectivity index (χ0) is 12.8. The van der Waals surface area contributed by atoms with E-state index in [-0.39, 0.29) is 23.1 Å². The average Bonchev–Trinajstić information content (AvgIpc) is 2.26. The number of benzene rings is 1. The summed E-state index contributed by atoms with van der Waals surface area (Å²) < 4.78 is 0. The van der Waals surface area contributed by atoms with Crippen LogP contribution in [0.5, 0.6) is 11.5 Å². The Morgan fingerprint density at radius 1 is 1.41 bits per heavy atom. The van der Waals surface area contributed by atoms with E-state index in [4.69, 9.17) is 0 Å². The predicted octanol–water partition coefficient (Wildman–Crippen LogP) is 2.39. The van der Waals surface area contributed by atoms with Gasteiger partial charge in [-0.15, -0.1) is 0 Å². The summed E-state index contributed by atoms with van der Waals surface area (Å²) >= 11 is 3.32. The largest absolute Gasteiger partial charge is 0.507 e. The van der Waals surface area contributed by atoms with E-state index in [1.807, 2.05) is 6.92 Å². The summed E-state index contributed by atoms with van der Waals surface area (Å²) in [7, 11) is 0. The van der Waals surface area contributed by atoms with Crippen molar-refractivity contribution in [3.63, 3.8) is 0 Å². The lowest BCUT2D eigenvalue weighted by Crippen LogP contribution is -2.32. The van der Waals surface area contributed by atoms with E-state index in [1.54, 1.807) is 0 Å². The number of carbonyl (C=O) groups excluding carboxylic acids is 1. The Hall–Kier alpha value is -1.23. The highest BCUT2D eigenvalue weighted by Crippen LogP contribution is 2.26. The van der Waals surface area contributed by atoms with Crippen molar-refractivity contribution < 1.29 is 15.0 Å². The highest BCUT2D eigenvalue weighted by molar-refractivity contribution is 9.09. The first-order valence-corrected chi connectivity index (χ1v) is 6.56. The van der Waals surface area contributed by atoms with Crippen LogP contribution in [0.3, 0.4) is 0 Å². The quantitative estimate of drug-likeness (QED) is 0.731. The van der Waals surface area contributed by atoms with E-state index < -0.39 is 5.91 Å². The molecule has 0 spiro atoms. The van der Waals surface area contributed by atoms with Gasteiger partial charge in [0.1, 0.15) is 17.1 Å². The Balaban J connectivity index is 2.70. The molecule has 1 atom stereocenters. The van der Waals surface area contributed by atoms with Gasteiger partial charge in [-0.2, -0.15) is 0 Å². The van der Waals surface area contributed by atoms with E-state index in [1.165, 1.54) is 18.2 Å². The minimum atomic E-state index is -0.456. The summed E-state index contributed by atoms with van der Waals surface area (Å²) in [4.78, 5) is 11.8. The second-order valence-electron chi connectivity index (χ2n) is 3.88. The van der Waals surface area contributed by atoms with E-state index in [0.717, 1.165) is 18.2 Å². The average molecular weight is 302 g/mol. The number of halogens is 1. The highest BCUT2D eigenvalue weighted by atomic mass is 79.9. The first-order valence-electron chi connectivity index (χ1n) is 5.44. The molecular weight excluding hydrogens is 286 g/mol. The maximum atomic E-state index is 11.8. The van der Waals surface area contributed by atoms with E-state index in [0.29, 0.717) is 0 Å². The van der Waals surface area contributed by atoms with Gasteiger partial charge in [0.25, 0.3) is 5.91 Å². The Morgan fingerprint density at radius 3 is 2.53 bits per heavy atom. The minimum absolute atomic E-state index is 0.000874. The zero-order valence-corrected chi connectivity index (χ0v) is 11.2. The van der Waals surface area contributed by atoms with Crippen molar-refractivity contribution in [2.24, 2.45) is 0 Å².